The summed E-state index contributed by atoms with van der Waals surface area (Å²) in [6, 6.07) is 3.56. The summed E-state index contributed by atoms with van der Waals surface area (Å²) in [7, 11) is 0. The quantitative estimate of drug-likeness (QED) is 0.947. The van der Waals surface area contributed by atoms with Crippen molar-refractivity contribution in [3.63, 3.8) is 0 Å². The molecule has 22 heavy (non-hydrogen) atoms. The van der Waals surface area contributed by atoms with Crippen molar-refractivity contribution < 1.29 is 13.6 Å². The number of hydrogen-bond donors (Lipinski definition) is 1. The van der Waals surface area contributed by atoms with Gasteiger partial charge < -0.3 is 10.2 Å². The van der Waals surface area contributed by atoms with E-state index in [0.29, 0.717) is 0 Å². The smallest absolute Gasteiger partial charge is 0.274 e. The van der Waals surface area contributed by atoms with Gasteiger partial charge in [-0.25, -0.2) is 18.7 Å². The molecular formula is C15H14F2N4O. The minimum absolute atomic E-state index is 0.168. The van der Waals surface area contributed by atoms with Crippen molar-refractivity contribution in [1.29, 1.82) is 0 Å². The Morgan fingerprint density at radius 1 is 1.09 bits per heavy atom. The van der Waals surface area contributed by atoms with Gasteiger partial charge in [0.05, 0.1) is 12.4 Å². The predicted molar refractivity (Wildman–Crippen MR) is 76.8 cm³/mol. The molecule has 2 aromatic rings. The lowest BCUT2D eigenvalue weighted by Crippen LogP contribution is -2.28. The molecule has 1 amide bonds. The number of likely N-dealkylation sites (tertiary alicyclic amines) is 1. The molecule has 2 heterocycles. The summed E-state index contributed by atoms with van der Waals surface area (Å²) >= 11 is 0. The molecule has 0 saturated carbocycles. The van der Waals surface area contributed by atoms with Crippen molar-refractivity contribution in [2.75, 3.05) is 18.4 Å². The normalized spacial score (nSPS) is 14.2. The van der Waals surface area contributed by atoms with Gasteiger partial charge in [0.1, 0.15) is 28.8 Å². The largest absolute Gasteiger partial charge is 0.337 e. The summed E-state index contributed by atoms with van der Waals surface area (Å²) in [6.07, 6.45) is 4.58. The Bertz CT molecular complexity index is 664. The Kier molecular flexibility index (Phi) is 3.95. The van der Waals surface area contributed by atoms with E-state index in [2.05, 4.69) is 15.3 Å². The fourth-order valence-electron chi connectivity index (χ4n) is 2.33. The molecule has 1 aromatic carbocycles. The SMILES string of the molecule is O=C(c1cnc(Nc2c(F)cccc2F)cn1)N1CCCC1. The van der Waals surface area contributed by atoms with Crippen LogP contribution in [0.2, 0.25) is 0 Å². The first-order valence-corrected chi connectivity index (χ1v) is 6.97. The zero-order valence-corrected chi connectivity index (χ0v) is 11.7. The molecule has 1 aromatic heterocycles. The maximum absolute atomic E-state index is 13.5. The molecule has 0 unspecified atom stereocenters. The van der Waals surface area contributed by atoms with Gasteiger partial charge in [-0.1, -0.05) is 6.07 Å². The summed E-state index contributed by atoms with van der Waals surface area (Å²) in [4.78, 5) is 21.8. The minimum Gasteiger partial charge on any atom is -0.337 e. The second kappa shape index (κ2) is 6.05. The molecule has 5 nitrogen and oxygen atoms in total. The number of para-hydroxylation sites is 1. The predicted octanol–water partition coefficient (Wildman–Crippen LogP) is 2.73. The van der Waals surface area contributed by atoms with E-state index in [0.717, 1.165) is 38.1 Å². The fraction of sp³-hybridized carbons (Fsp3) is 0.267. The third-order valence-corrected chi connectivity index (χ3v) is 3.48. The van der Waals surface area contributed by atoms with E-state index < -0.39 is 11.6 Å². The summed E-state index contributed by atoms with van der Waals surface area (Å²) in [5.41, 5.74) is -0.0723. The van der Waals surface area contributed by atoms with Crippen LogP contribution in [-0.2, 0) is 0 Å². The lowest BCUT2D eigenvalue weighted by Gasteiger charge is -2.14. The number of anilines is 2. The molecule has 1 aliphatic rings. The van der Waals surface area contributed by atoms with Crippen LogP contribution in [0.25, 0.3) is 0 Å². The highest BCUT2D eigenvalue weighted by molar-refractivity contribution is 5.92. The Hall–Kier alpha value is -2.57. The Morgan fingerprint density at radius 2 is 1.77 bits per heavy atom. The zero-order valence-electron chi connectivity index (χ0n) is 11.7. The molecule has 0 bridgehead atoms. The molecule has 0 atom stereocenters. The third kappa shape index (κ3) is 2.88. The van der Waals surface area contributed by atoms with Crippen LogP contribution in [-0.4, -0.2) is 33.9 Å². The summed E-state index contributed by atoms with van der Waals surface area (Å²) in [5.74, 6) is -1.45. The van der Waals surface area contributed by atoms with Crippen molar-refractivity contribution in [3.8, 4) is 0 Å². The van der Waals surface area contributed by atoms with Crippen molar-refractivity contribution in [2.24, 2.45) is 0 Å². The van der Waals surface area contributed by atoms with Crippen LogP contribution >= 0.6 is 0 Å². The lowest BCUT2D eigenvalue weighted by atomic mass is 10.3. The Labute approximate surface area is 126 Å². The second-order valence-electron chi connectivity index (χ2n) is 5.01. The van der Waals surface area contributed by atoms with Gasteiger partial charge in [-0.2, -0.15) is 0 Å². The topological polar surface area (TPSA) is 58.1 Å². The number of aromatic nitrogens is 2. The molecule has 0 aliphatic carbocycles. The average molecular weight is 304 g/mol. The van der Waals surface area contributed by atoms with E-state index in [4.69, 9.17) is 0 Å². The van der Waals surface area contributed by atoms with Gasteiger partial charge in [0.2, 0.25) is 0 Å². The number of carbonyl (C=O) groups excluding carboxylic acids is 1. The first-order valence-electron chi connectivity index (χ1n) is 6.97. The maximum Gasteiger partial charge on any atom is 0.274 e. The molecular weight excluding hydrogens is 290 g/mol. The van der Waals surface area contributed by atoms with Gasteiger partial charge in [-0.15, -0.1) is 0 Å². The molecule has 7 heteroatoms. The summed E-state index contributed by atoms with van der Waals surface area (Å²) in [6.45, 7) is 1.45. The van der Waals surface area contributed by atoms with Gasteiger partial charge in [-0.3, -0.25) is 4.79 Å². The molecule has 0 spiro atoms. The van der Waals surface area contributed by atoms with Gasteiger partial charge >= 0.3 is 0 Å². The second-order valence-corrected chi connectivity index (χ2v) is 5.01. The number of nitrogens with zero attached hydrogens (tertiary/aromatic N) is 3. The number of carbonyl (C=O) groups is 1. The number of hydrogen-bond acceptors (Lipinski definition) is 4. The van der Waals surface area contributed by atoms with E-state index in [-0.39, 0.29) is 23.1 Å². The Balaban J connectivity index is 1.75. The molecule has 0 radical (unpaired) electrons. The monoisotopic (exact) mass is 304 g/mol. The van der Waals surface area contributed by atoms with Gasteiger partial charge in [-0.05, 0) is 25.0 Å². The highest BCUT2D eigenvalue weighted by Crippen LogP contribution is 2.21. The standard InChI is InChI=1S/C15H14F2N4O/c16-10-4-3-5-11(17)14(10)20-13-9-18-12(8-19-13)15(22)21-6-1-2-7-21/h3-5,8-9H,1-2,6-7H2,(H,19,20). The number of benzene rings is 1. The zero-order chi connectivity index (χ0) is 15.5. The minimum atomic E-state index is -0.723. The molecule has 1 fully saturated rings. The number of halogens is 2. The highest BCUT2D eigenvalue weighted by atomic mass is 19.1. The van der Waals surface area contributed by atoms with Crippen LogP contribution in [0, 0.1) is 11.6 Å². The average Bonchev–Trinajstić information content (AvgIpc) is 3.05. The number of nitrogens with one attached hydrogen (secondary N) is 1. The van der Waals surface area contributed by atoms with Gasteiger partial charge in [0.15, 0.2) is 0 Å². The first kappa shape index (κ1) is 14.4. The van der Waals surface area contributed by atoms with Crippen molar-refractivity contribution in [3.05, 3.63) is 47.9 Å². The van der Waals surface area contributed by atoms with Crippen LogP contribution in [0.3, 0.4) is 0 Å². The van der Waals surface area contributed by atoms with Crippen LogP contribution in [0.1, 0.15) is 23.3 Å². The van der Waals surface area contributed by atoms with Gasteiger partial charge in [0, 0.05) is 13.1 Å². The van der Waals surface area contributed by atoms with E-state index in [1.54, 1.807) is 4.90 Å². The molecule has 114 valence electrons. The van der Waals surface area contributed by atoms with E-state index in [1.807, 2.05) is 0 Å². The first-order chi connectivity index (χ1) is 10.6. The lowest BCUT2D eigenvalue weighted by molar-refractivity contribution is 0.0786. The number of amides is 1. The number of rotatable bonds is 3. The highest BCUT2D eigenvalue weighted by Gasteiger charge is 2.20. The molecule has 1 aliphatic heterocycles. The van der Waals surface area contributed by atoms with Gasteiger partial charge in [0.25, 0.3) is 5.91 Å². The maximum atomic E-state index is 13.5. The Morgan fingerprint density at radius 3 is 2.36 bits per heavy atom. The fourth-order valence-corrected chi connectivity index (χ4v) is 2.33. The van der Waals surface area contributed by atoms with E-state index in [1.165, 1.54) is 18.5 Å². The van der Waals surface area contributed by atoms with Crippen molar-refractivity contribution in [1.82, 2.24) is 14.9 Å². The van der Waals surface area contributed by atoms with Crippen LogP contribution in [0.15, 0.2) is 30.6 Å². The van der Waals surface area contributed by atoms with Crippen molar-refractivity contribution in [2.45, 2.75) is 12.8 Å². The van der Waals surface area contributed by atoms with Crippen LogP contribution < -0.4 is 5.32 Å². The van der Waals surface area contributed by atoms with Crippen molar-refractivity contribution >= 4 is 17.4 Å². The van der Waals surface area contributed by atoms with Crippen LogP contribution in [0.4, 0.5) is 20.3 Å². The third-order valence-electron chi connectivity index (χ3n) is 3.48. The van der Waals surface area contributed by atoms with Crippen LogP contribution in [0.5, 0.6) is 0 Å². The molecule has 3 rings (SSSR count). The molecule has 1 saturated heterocycles. The summed E-state index contributed by atoms with van der Waals surface area (Å²) < 4.78 is 27.1. The van der Waals surface area contributed by atoms with E-state index >= 15 is 0 Å². The molecule has 1 N–H and O–H groups in total. The van der Waals surface area contributed by atoms with E-state index in [9.17, 15) is 13.6 Å². The summed E-state index contributed by atoms with van der Waals surface area (Å²) in [5, 5.41) is 2.53.